The Morgan fingerprint density at radius 2 is 1.89 bits per heavy atom. The van der Waals surface area contributed by atoms with Crippen LogP contribution in [0.15, 0.2) is 48.8 Å². The Kier molecular flexibility index (Phi) is 4.15. The van der Waals surface area contributed by atoms with Gasteiger partial charge in [0.2, 0.25) is 0 Å². The Morgan fingerprint density at radius 3 is 2.56 bits per heavy atom. The molecular formula is C14H17N3O. The van der Waals surface area contributed by atoms with E-state index < -0.39 is 0 Å². The van der Waals surface area contributed by atoms with Crippen LogP contribution in [0.2, 0.25) is 0 Å². The quantitative estimate of drug-likeness (QED) is 0.754. The van der Waals surface area contributed by atoms with Gasteiger partial charge in [0.15, 0.2) is 0 Å². The summed E-state index contributed by atoms with van der Waals surface area (Å²) >= 11 is 0. The van der Waals surface area contributed by atoms with E-state index in [1.165, 1.54) is 0 Å². The molecule has 2 rings (SSSR count). The lowest BCUT2D eigenvalue weighted by molar-refractivity contribution is 0.276. The third-order valence-corrected chi connectivity index (χ3v) is 2.75. The van der Waals surface area contributed by atoms with Crippen molar-refractivity contribution in [3.63, 3.8) is 0 Å². The number of hydrogen-bond acceptors (Lipinski definition) is 4. The molecule has 0 spiro atoms. The molecule has 0 aliphatic heterocycles. The predicted octanol–water partition coefficient (Wildman–Crippen LogP) is 2.27. The summed E-state index contributed by atoms with van der Waals surface area (Å²) in [7, 11) is 1.85. The van der Waals surface area contributed by atoms with Crippen LogP contribution in [0.3, 0.4) is 0 Å². The first-order valence-electron chi connectivity index (χ1n) is 5.88. The summed E-state index contributed by atoms with van der Waals surface area (Å²) in [5, 5.41) is 15.8. The Bertz CT molecular complexity index is 487. The highest BCUT2D eigenvalue weighted by atomic mass is 16.3. The van der Waals surface area contributed by atoms with E-state index in [4.69, 9.17) is 0 Å². The van der Waals surface area contributed by atoms with E-state index in [9.17, 15) is 5.11 Å². The molecule has 0 fully saturated rings. The Balaban J connectivity index is 2.15. The zero-order valence-corrected chi connectivity index (χ0v) is 10.3. The fraction of sp³-hybridized carbons (Fsp3) is 0.214. The number of nitrogens with zero attached hydrogens (tertiary/aromatic N) is 1. The zero-order valence-electron chi connectivity index (χ0n) is 10.3. The lowest BCUT2D eigenvalue weighted by Gasteiger charge is -2.18. The van der Waals surface area contributed by atoms with E-state index in [-0.39, 0.29) is 12.6 Å². The average Bonchev–Trinajstić information content (AvgIpc) is 2.46. The smallest absolute Gasteiger partial charge is 0.0745 e. The number of hydrogen-bond donors (Lipinski definition) is 3. The highest BCUT2D eigenvalue weighted by molar-refractivity contribution is 5.54. The molecule has 3 N–H and O–H groups in total. The van der Waals surface area contributed by atoms with E-state index in [0.717, 1.165) is 16.9 Å². The second kappa shape index (κ2) is 6.02. The number of aliphatic hydroxyl groups is 1. The normalized spacial score (nSPS) is 11.9. The van der Waals surface area contributed by atoms with Crippen LogP contribution in [0.4, 0.5) is 11.4 Å². The number of aliphatic hydroxyl groups excluding tert-OH is 1. The number of aromatic nitrogens is 1. The topological polar surface area (TPSA) is 57.2 Å². The van der Waals surface area contributed by atoms with Gasteiger partial charge in [0.05, 0.1) is 36.4 Å². The van der Waals surface area contributed by atoms with Crippen LogP contribution in [-0.4, -0.2) is 23.7 Å². The molecule has 2 aromatic rings. The predicted molar refractivity (Wildman–Crippen MR) is 73.7 cm³/mol. The first-order chi connectivity index (χ1) is 8.83. The van der Waals surface area contributed by atoms with Crippen molar-refractivity contribution in [3.05, 3.63) is 54.4 Å². The van der Waals surface area contributed by atoms with Crippen LogP contribution in [0.5, 0.6) is 0 Å². The number of anilines is 2. The molecule has 0 radical (unpaired) electrons. The van der Waals surface area contributed by atoms with E-state index in [1.807, 2.05) is 43.4 Å². The van der Waals surface area contributed by atoms with Gasteiger partial charge in [-0.2, -0.15) is 0 Å². The van der Waals surface area contributed by atoms with Crippen LogP contribution < -0.4 is 10.6 Å². The van der Waals surface area contributed by atoms with E-state index in [0.29, 0.717) is 0 Å². The van der Waals surface area contributed by atoms with Gasteiger partial charge in [0.1, 0.15) is 0 Å². The minimum Gasteiger partial charge on any atom is -0.394 e. The van der Waals surface area contributed by atoms with Gasteiger partial charge in [-0.25, -0.2) is 0 Å². The summed E-state index contributed by atoms with van der Waals surface area (Å²) in [6.07, 6.45) is 3.49. The summed E-state index contributed by atoms with van der Waals surface area (Å²) in [6, 6.07) is 11.7. The molecule has 1 aromatic carbocycles. The maximum absolute atomic E-state index is 9.47. The Hall–Kier alpha value is -2.07. The molecule has 0 amide bonds. The molecule has 0 saturated heterocycles. The first-order valence-corrected chi connectivity index (χ1v) is 5.88. The van der Waals surface area contributed by atoms with E-state index >= 15 is 0 Å². The molecule has 18 heavy (non-hydrogen) atoms. The van der Waals surface area contributed by atoms with Crippen LogP contribution in [-0.2, 0) is 0 Å². The lowest BCUT2D eigenvalue weighted by Crippen LogP contribution is -2.14. The molecule has 4 nitrogen and oxygen atoms in total. The Labute approximate surface area is 107 Å². The fourth-order valence-corrected chi connectivity index (χ4v) is 1.78. The molecule has 0 saturated carbocycles. The van der Waals surface area contributed by atoms with Crippen molar-refractivity contribution in [2.45, 2.75) is 6.04 Å². The minimum absolute atomic E-state index is 0.0355. The van der Waals surface area contributed by atoms with Crippen molar-refractivity contribution >= 4 is 11.4 Å². The third-order valence-electron chi connectivity index (χ3n) is 2.75. The molecule has 0 aliphatic carbocycles. The summed E-state index contributed by atoms with van der Waals surface area (Å²) in [5.74, 6) is 0. The number of nitrogens with one attached hydrogen (secondary N) is 2. The second-order valence-corrected chi connectivity index (χ2v) is 4.00. The maximum atomic E-state index is 9.47. The van der Waals surface area contributed by atoms with Gasteiger partial charge >= 0.3 is 0 Å². The van der Waals surface area contributed by atoms with E-state index in [1.54, 1.807) is 12.4 Å². The standard InChI is InChI=1S/C14H17N3O/c1-15-12-7-13(9-16-8-12)17-14(10-18)11-5-3-2-4-6-11/h2-9,14-15,17-18H,10H2,1H3. The fourth-order valence-electron chi connectivity index (χ4n) is 1.78. The van der Waals surface area contributed by atoms with Crippen LogP contribution >= 0.6 is 0 Å². The van der Waals surface area contributed by atoms with Gasteiger partial charge in [0, 0.05) is 7.05 Å². The van der Waals surface area contributed by atoms with Crippen LogP contribution in [0.1, 0.15) is 11.6 Å². The van der Waals surface area contributed by atoms with Crippen molar-refractivity contribution in [2.75, 3.05) is 24.3 Å². The van der Waals surface area contributed by atoms with Crippen molar-refractivity contribution in [1.29, 1.82) is 0 Å². The van der Waals surface area contributed by atoms with Crippen molar-refractivity contribution < 1.29 is 5.11 Å². The molecule has 94 valence electrons. The van der Waals surface area contributed by atoms with Gasteiger partial charge < -0.3 is 15.7 Å². The van der Waals surface area contributed by atoms with E-state index in [2.05, 4.69) is 15.6 Å². The van der Waals surface area contributed by atoms with Crippen LogP contribution in [0, 0.1) is 0 Å². The van der Waals surface area contributed by atoms with Crippen molar-refractivity contribution in [3.8, 4) is 0 Å². The lowest BCUT2D eigenvalue weighted by atomic mass is 10.1. The maximum Gasteiger partial charge on any atom is 0.0745 e. The van der Waals surface area contributed by atoms with Gasteiger partial charge in [-0.3, -0.25) is 4.98 Å². The molecule has 4 heteroatoms. The molecule has 1 atom stereocenters. The molecule has 1 unspecified atom stereocenters. The third kappa shape index (κ3) is 2.99. The molecule has 0 bridgehead atoms. The summed E-state index contributed by atoms with van der Waals surface area (Å²) in [6.45, 7) is 0.0355. The monoisotopic (exact) mass is 243 g/mol. The van der Waals surface area contributed by atoms with Crippen molar-refractivity contribution in [1.82, 2.24) is 4.98 Å². The summed E-state index contributed by atoms with van der Waals surface area (Å²) in [5.41, 5.74) is 2.87. The van der Waals surface area contributed by atoms with Gasteiger partial charge in [-0.05, 0) is 11.6 Å². The van der Waals surface area contributed by atoms with Crippen LogP contribution in [0.25, 0.3) is 0 Å². The minimum atomic E-state index is -0.125. The number of benzene rings is 1. The van der Waals surface area contributed by atoms with Gasteiger partial charge in [-0.15, -0.1) is 0 Å². The molecular weight excluding hydrogens is 226 g/mol. The van der Waals surface area contributed by atoms with Crippen molar-refractivity contribution in [2.24, 2.45) is 0 Å². The molecule has 1 aromatic heterocycles. The highest BCUT2D eigenvalue weighted by Crippen LogP contribution is 2.20. The van der Waals surface area contributed by atoms with Gasteiger partial charge in [0.25, 0.3) is 0 Å². The Morgan fingerprint density at radius 1 is 1.17 bits per heavy atom. The average molecular weight is 243 g/mol. The zero-order chi connectivity index (χ0) is 12.8. The molecule has 1 heterocycles. The SMILES string of the molecule is CNc1cncc(NC(CO)c2ccccc2)c1. The second-order valence-electron chi connectivity index (χ2n) is 4.00. The van der Waals surface area contributed by atoms with Gasteiger partial charge in [-0.1, -0.05) is 30.3 Å². The first kappa shape index (κ1) is 12.4. The number of pyridine rings is 1. The highest BCUT2D eigenvalue weighted by Gasteiger charge is 2.09. The summed E-state index contributed by atoms with van der Waals surface area (Å²) < 4.78 is 0. The largest absolute Gasteiger partial charge is 0.394 e. The molecule has 0 aliphatic rings. The number of rotatable bonds is 5. The summed E-state index contributed by atoms with van der Waals surface area (Å²) in [4.78, 5) is 4.13.